The molecule has 29 heavy (non-hydrogen) atoms. The molecule has 0 amide bonds. The van der Waals surface area contributed by atoms with Gasteiger partial charge in [-0.2, -0.15) is 0 Å². The molecule has 146 valence electrons. The summed E-state index contributed by atoms with van der Waals surface area (Å²) < 4.78 is 30.4. The van der Waals surface area contributed by atoms with E-state index in [0.717, 1.165) is 5.56 Å². The maximum atomic E-state index is 13.8. The van der Waals surface area contributed by atoms with Gasteiger partial charge in [-0.05, 0) is 42.3 Å². The lowest BCUT2D eigenvalue weighted by Crippen LogP contribution is -2.07. The Labute approximate surface area is 167 Å². The van der Waals surface area contributed by atoms with Gasteiger partial charge in [-0.1, -0.05) is 36.4 Å². The summed E-state index contributed by atoms with van der Waals surface area (Å²) in [6, 6.07) is 19.2. The predicted octanol–water partition coefficient (Wildman–Crippen LogP) is 5.50. The first-order valence-electron chi connectivity index (χ1n) is 9.15. The number of halogens is 1. The molecule has 1 heterocycles. The Hall–Kier alpha value is -3.60. The molecule has 0 aliphatic carbocycles. The van der Waals surface area contributed by atoms with Gasteiger partial charge in [-0.3, -0.25) is 4.79 Å². The first-order chi connectivity index (χ1) is 14.1. The van der Waals surface area contributed by atoms with Crippen LogP contribution < -0.4 is 14.9 Å². The molecular formula is C24H19FO4. The maximum absolute atomic E-state index is 13.8. The summed E-state index contributed by atoms with van der Waals surface area (Å²) in [6.45, 7) is 1.95. The largest absolute Gasteiger partial charge is 0.494 e. The molecule has 0 fully saturated rings. The van der Waals surface area contributed by atoms with Crippen LogP contribution in [0.2, 0.25) is 0 Å². The Bertz CT molecular complexity index is 1230. The van der Waals surface area contributed by atoms with Gasteiger partial charge in [-0.25, -0.2) is 4.39 Å². The standard InChI is InChI=1S/C24H19FO4/c1-15-23(17-6-4-3-5-7-17)24(26)19-10-9-18(13-22(19)29-15)28-14-16-8-11-21(27-2)20(25)12-16/h3-13H,14H2,1-2H3. The molecule has 4 nitrogen and oxygen atoms in total. The normalized spacial score (nSPS) is 10.9. The van der Waals surface area contributed by atoms with Crippen molar-refractivity contribution in [2.75, 3.05) is 7.11 Å². The average molecular weight is 390 g/mol. The van der Waals surface area contributed by atoms with Gasteiger partial charge in [0.15, 0.2) is 11.6 Å². The molecular weight excluding hydrogens is 371 g/mol. The van der Waals surface area contributed by atoms with Gasteiger partial charge in [0.1, 0.15) is 23.7 Å². The van der Waals surface area contributed by atoms with Gasteiger partial charge < -0.3 is 13.9 Å². The van der Waals surface area contributed by atoms with E-state index in [-0.39, 0.29) is 17.8 Å². The third kappa shape index (κ3) is 3.72. The van der Waals surface area contributed by atoms with Crippen molar-refractivity contribution in [2.24, 2.45) is 0 Å². The average Bonchev–Trinajstić information content (AvgIpc) is 2.73. The third-order valence-electron chi connectivity index (χ3n) is 4.72. The summed E-state index contributed by atoms with van der Waals surface area (Å²) in [6.07, 6.45) is 0. The number of hydrogen-bond donors (Lipinski definition) is 0. The van der Waals surface area contributed by atoms with Crippen molar-refractivity contribution in [2.45, 2.75) is 13.5 Å². The highest BCUT2D eigenvalue weighted by Gasteiger charge is 2.14. The minimum absolute atomic E-state index is 0.0845. The van der Waals surface area contributed by atoms with Crippen LogP contribution in [0.5, 0.6) is 11.5 Å². The zero-order chi connectivity index (χ0) is 20.4. The van der Waals surface area contributed by atoms with Crippen molar-refractivity contribution in [1.82, 2.24) is 0 Å². The van der Waals surface area contributed by atoms with Crippen molar-refractivity contribution < 1.29 is 18.3 Å². The quantitative estimate of drug-likeness (QED) is 0.452. The van der Waals surface area contributed by atoms with Crippen LogP contribution in [0.4, 0.5) is 4.39 Å². The highest BCUT2D eigenvalue weighted by atomic mass is 19.1. The van der Waals surface area contributed by atoms with Gasteiger partial charge in [0, 0.05) is 6.07 Å². The summed E-state index contributed by atoms with van der Waals surface area (Å²) in [5, 5.41) is 0.484. The van der Waals surface area contributed by atoms with Gasteiger partial charge >= 0.3 is 0 Å². The molecule has 1 aromatic heterocycles. The Morgan fingerprint density at radius 3 is 2.52 bits per heavy atom. The number of methoxy groups -OCH3 is 1. The van der Waals surface area contributed by atoms with Crippen LogP contribution in [0.1, 0.15) is 11.3 Å². The van der Waals surface area contributed by atoms with Crippen LogP contribution in [-0.2, 0) is 6.61 Å². The second kappa shape index (κ2) is 7.80. The first-order valence-corrected chi connectivity index (χ1v) is 9.15. The Balaban J connectivity index is 1.63. The van der Waals surface area contributed by atoms with Gasteiger partial charge in [0.05, 0.1) is 18.1 Å². The summed E-state index contributed by atoms with van der Waals surface area (Å²) in [5.74, 6) is 0.819. The topological polar surface area (TPSA) is 48.7 Å². The summed E-state index contributed by atoms with van der Waals surface area (Å²) in [7, 11) is 1.42. The van der Waals surface area contributed by atoms with Gasteiger partial charge in [-0.15, -0.1) is 0 Å². The smallest absolute Gasteiger partial charge is 0.200 e. The zero-order valence-electron chi connectivity index (χ0n) is 16.1. The summed E-state index contributed by atoms with van der Waals surface area (Å²) >= 11 is 0. The zero-order valence-corrected chi connectivity index (χ0v) is 16.1. The van der Waals surface area contributed by atoms with Crippen LogP contribution in [-0.4, -0.2) is 7.11 Å². The lowest BCUT2D eigenvalue weighted by atomic mass is 10.0. The number of aryl methyl sites for hydroxylation is 1. The molecule has 4 aromatic rings. The molecule has 0 saturated carbocycles. The molecule has 0 aliphatic rings. The second-order valence-corrected chi connectivity index (χ2v) is 6.64. The van der Waals surface area contributed by atoms with Crippen LogP contribution in [0, 0.1) is 12.7 Å². The van der Waals surface area contributed by atoms with Crippen LogP contribution in [0.3, 0.4) is 0 Å². The van der Waals surface area contributed by atoms with Gasteiger partial charge in [0.25, 0.3) is 0 Å². The number of hydrogen-bond acceptors (Lipinski definition) is 4. The molecule has 5 heteroatoms. The molecule has 3 aromatic carbocycles. The molecule has 4 rings (SSSR count). The Kier molecular flexibility index (Phi) is 5.04. The number of rotatable bonds is 5. The fraction of sp³-hybridized carbons (Fsp3) is 0.125. The van der Waals surface area contributed by atoms with Crippen LogP contribution in [0.15, 0.2) is 75.9 Å². The molecule has 0 bridgehead atoms. The summed E-state index contributed by atoms with van der Waals surface area (Å²) in [5.41, 5.74) is 2.41. The van der Waals surface area contributed by atoms with E-state index >= 15 is 0 Å². The predicted molar refractivity (Wildman–Crippen MR) is 110 cm³/mol. The number of fused-ring (bicyclic) bond motifs is 1. The molecule has 0 atom stereocenters. The molecule has 0 unspecified atom stereocenters. The van der Waals surface area contributed by atoms with Crippen LogP contribution in [0.25, 0.3) is 22.1 Å². The van der Waals surface area contributed by atoms with Crippen molar-refractivity contribution in [1.29, 1.82) is 0 Å². The third-order valence-corrected chi connectivity index (χ3v) is 4.72. The fourth-order valence-electron chi connectivity index (χ4n) is 3.28. The highest BCUT2D eigenvalue weighted by molar-refractivity contribution is 5.83. The Morgan fingerprint density at radius 1 is 1.00 bits per heavy atom. The van der Waals surface area contributed by atoms with E-state index in [9.17, 15) is 9.18 Å². The van der Waals surface area contributed by atoms with Crippen molar-refractivity contribution in [3.8, 4) is 22.6 Å². The lowest BCUT2D eigenvalue weighted by molar-refractivity contribution is 0.304. The molecule has 0 N–H and O–H groups in total. The monoisotopic (exact) mass is 390 g/mol. The molecule has 0 spiro atoms. The van der Waals surface area contributed by atoms with Crippen LogP contribution >= 0.6 is 0 Å². The number of benzene rings is 3. The molecule has 0 aliphatic heterocycles. The minimum Gasteiger partial charge on any atom is -0.494 e. The van der Waals surface area contributed by atoms with Crippen molar-refractivity contribution >= 4 is 11.0 Å². The van der Waals surface area contributed by atoms with E-state index < -0.39 is 5.82 Å². The molecule has 0 saturated heterocycles. The fourth-order valence-corrected chi connectivity index (χ4v) is 3.28. The highest BCUT2D eigenvalue weighted by Crippen LogP contribution is 2.27. The second-order valence-electron chi connectivity index (χ2n) is 6.64. The SMILES string of the molecule is COc1ccc(COc2ccc3c(=O)c(-c4ccccc4)c(C)oc3c2)cc1F. The maximum Gasteiger partial charge on any atom is 0.200 e. The van der Waals surface area contributed by atoms with E-state index in [2.05, 4.69) is 0 Å². The minimum atomic E-state index is -0.442. The van der Waals surface area contributed by atoms with Crippen molar-refractivity contribution in [3.63, 3.8) is 0 Å². The lowest BCUT2D eigenvalue weighted by Gasteiger charge is -2.10. The molecule has 0 radical (unpaired) electrons. The van der Waals surface area contributed by atoms with E-state index in [1.54, 1.807) is 37.3 Å². The van der Waals surface area contributed by atoms with E-state index in [1.807, 2.05) is 30.3 Å². The summed E-state index contributed by atoms with van der Waals surface area (Å²) in [4.78, 5) is 13.0. The first kappa shape index (κ1) is 18.7. The van der Waals surface area contributed by atoms with E-state index in [0.29, 0.717) is 33.6 Å². The van der Waals surface area contributed by atoms with Gasteiger partial charge in [0.2, 0.25) is 5.43 Å². The van der Waals surface area contributed by atoms with Crippen molar-refractivity contribution in [3.05, 3.63) is 94.1 Å². The van der Waals surface area contributed by atoms with E-state index in [4.69, 9.17) is 13.9 Å². The Morgan fingerprint density at radius 2 is 1.79 bits per heavy atom. The number of ether oxygens (including phenoxy) is 2. The van der Waals surface area contributed by atoms with E-state index in [1.165, 1.54) is 13.2 Å².